The van der Waals surface area contributed by atoms with Crippen molar-refractivity contribution in [3.63, 3.8) is 0 Å². The highest BCUT2D eigenvalue weighted by atomic mass is 127. The number of quaternary nitrogens is 1. The van der Waals surface area contributed by atoms with Crippen molar-refractivity contribution >= 4 is 11.8 Å². The van der Waals surface area contributed by atoms with Crippen molar-refractivity contribution in [1.29, 1.82) is 0 Å². The number of carbonyl (C=O) groups excluding carboxylic acids is 2. The predicted octanol–water partition coefficient (Wildman–Crippen LogP) is -1.61. The van der Waals surface area contributed by atoms with Gasteiger partial charge in [-0.3, -0.25) is 9.59 Å². The van der Waals surface area contributed by atoms with Crippen LogP contribution in [0, 0.1) is 23.7 Å². The van der Waals surface area contributed by atoms with Crippen LogP contribution in [-0.2, 0) is 9.59 Å². The molecule has 0 aromatic rings. The van der Waals surface area contributed by atoms with Gasteiger partial charge in [-0.2, -0.15) is 0 Å². The fraction of sp³-hybridized carbons (Fsp3) is 0.750. The first-order chi connectivity index (χ1) is 9.59. The van der Waals surface area contributed by atoms with Crippen molar-refractivity contribution in [2.45, 2.75) is 25.7 Å². The summed E-state index contributed by atoms with van der Waals surface area (Å²) in [6.07, 6.45) is 9.07. The Balaban J connectivity index is 0.00000132. The number of likely N-dealkylation sites (tertiary alicyclic amines) is 2. The van der Waals surface area contributed by atoms with Gasteiger partial charge in [-0.05, 0) is 37.5 Å². The Morgan fingerprint density at radius 3 is 2.10 bits per heavy atom. The largest absolute Gasteiger partial charge is 1.00 e. The van der Waals surface area contributed by atoms with Crippen LogP contribution in [0.5, 0.6) is 0 Å². The summed E-state index contributed by atoms with van der Waals surface area (Å²) < 4.78 is 0.861. The molecule has 0 spiro atoms. The topological polar surface area (TPSA) is 37.4 Å². The summed E-state index contributed by atoms with van der Waals surface area (Å²) in [5.74, 6) is 0.822. The molecule has 3 fully saturated rings. The van der Waals surface area contributed by atoms with Gasteiger partial charge < -0.3 is 28.5 Å². The van der Waals surface area contributed by atoms with E-state index in [2.05, 4.69) is 19.2 Å². The monoisotopic (exact) mass is 402 g/mol. The van der Waals surface area contributed by atoms with Crippen LogP contribution in [0.15, 0.2) is 12.2 Å². The number of allylic oxidation sites excluding steroid dienone is 2. The maximum absolute atomic E-state index is 12.7. The molecule has 2 heterocycles. The number of amides is 2. The van der Waals surface area contributed by atoms with E-state index in [9.17, 15) is 9.59 Å². The lowest BCUT2D eigenvalue weighted by molar-refractivity contribution is -0.920. The molecule has 4 atom stereocenters. The van der Waals surface area contributed by atoms with E-state index >= 15 is 0 Å². The predicted molar refractivity (Wildman–Crippen MR) is 74.2 cm³/mol. The molecule has 0 aromatic heterocycles. The summed E-state index contributed by atoms with van der Waals surface area (Å²) in [6.45, 7) is 2.79. The molecule has 2 bridgehead atoms. The first kappa shape index (κ1) is 15.5. The van der Waals surface area contributed by atoms with Crippen LogP contribution in [0.1, 0.15) is 25.7 Å². The molecule has 0 radical (unpaired) electrons. The minimum absolute atomic E-state index is 0. The molecule has 0 N–H and O–H groups in total. The van der Waals surface area contributed by atoms with Gasteiger partial charge in [0.2, 0.25) is 11.8 Å². The van der Waals surface area contributed by atoms with Crippen molar-refractivity contribution in [3.8, 4) is 0 Å². The molecule has 4 aliphatic rings. The molecule has 2 aliphatic heterocycles. The molecule has 2 amide bonds. The van der Waals surface area contributed by atoms with Gasteiger partial charge in [-0.25, -0.2) is 4.90 Å². The Hall–Kier alpha value is -0.430. The van der Waals surface area contributed by atoms with E-state index in [0.717, 1.165) is 24.0 Å². The Morgan fingerprint density at radius 1 is 1.05 bits per heavy atom. The van der Waals surface area contributed by atoms with E-state index in [1.807, 2.05) is 0 Å². The van der Waals surface area contributed by atoms with E-state index in [1.54, 1.807) is 4.90 Å². The smallest absolute Gasteiger partial charge is 0.238 e. The van der Waals surface area contributed by atoms with Crippen molar-refractivity contribution < 1.29 is 38.0 Å². The van der Waals surface area contributed by atoms with Crippen molar-refractivity contribution in [1.82, 2.24) is 4.90 Å². The van der Waals surface area contributed by atoms with E-state index in [-0.39, 0.29) is 47.6 Å². The molecule has 2 aliphatic carbocycles. The Morgan fingerprint density at radius 2 is 1.57 bits per heavy atom. The Labute approximate surface area is 143 Å². The third kappa shape index (κ3) is 2.27. The lowest BCUT2D eigenvalue weighted by atomic mass is 9.85. The number of hydrogen-bond acceptors (Lipinski definition) is 2. The SMILES string of the molecule is C[N+]1(CN2C(=O)C3C4C=CC(C4)C3C2=O)CCCCC1.[I-]. The van der Waals surface area contributed by atoms with E-state index < -0.39 is 0 Å². The van der Waals surface area contributed by atoms with Gasteiger partial charge in [-0.15, -0.1) is 0 Å². The molecule has 116 valence electrons. The van der Waals surface area contributed by atoms with Crippen LogP contribution >= 0.6 is 0 Å². The molecular weight excluding hydrogens is 379 g/mol. The van der Waals surface area contributed by atoms with Crippen LogP contribution < -0.4 is 24.0 Å². The summed E-state index contributed by atoms with van der Waals surface area (Å²) in [6, 6.07) is 0. The molecule has 2 saturated heterocycles. The summed E-state index contributed by atoms with van der Waals surface area (Å²) in [4.78, 5) is 26.9. The zero-order valence-electron chi connectivity index (χ0n) is 12.5. The van der Waals surface area contributed by atoms with Crippen LogP contribution in [0.25, 0.3) is 0 Å². The third-order valence-corrected chi connectivity index (χ3v) is 5.94. The second-order valence-corrected chi connectivity index (χ2v) is 7.37. The van der Waals surface area contributed by atoms with Gasteiger partial charge in [0.15, 0.2) is 6.67 Å². The standard InChI is InChI=1S/C16H23N2O2.HI/c1-18(7-3-2-4-8-18)10-17-15(19)13-11-5-6-12(9-11)14(13)16(17)20;/h5-6,11-14H,2-4,7-10H2,1H3;1H/q+1;/p-1. The first-order valence-electron chi connectivity index (χ1n) is 7.96. The molecule has 5 heteroatoms. The third-order valence-electron chi connectivity index (χ3n) is 5.94. The number of imide groups is 1. The second-order valence-electron chi connectivity index (χ2n) is 7.37. The van der Waals surface area contributed by atoms with Gasteiger partial charge in [-0.1, -0.05) is 12.2 Å². The molecule has 4 nitrogen and oxygen atoms in total. The Bertz CT molecular complexity index is 469. The lowest BCUT2D eigenvalue weighted by Gasteiger charge is -2.39. The molecule has 1 saturated carbocycles. The lowest BCUT2D eigenvalue weighted by Crippen LogP contribution is -3.00. The van der Waals surface area contributed by atoms with Crippen molar-refractivity contribution in [2.24, 2.45) is 23.7 Å². The van der Waals surface area contributed by atoms with E-state index in [1.165, 1.54) is 19.3 Å². The molecule has 21 heavy (non-hydrogen) atoms. The minimum Gasteiger partial charge on any atom is -1.00 e. The fourth-order valence-corrected chi connectivity index (χ4v) is 4.86. The first-order valence-corrected chi connectivity index (χ1v) is 7.96. The number of rotatable bonds is 2. The Kier molecular flexibility index (Phi) is 3.93. The summed E-state index contributed by atoms with van der Waals surface area (Å²) >= 11 is 0. The highest BCUT2D eigenvalue weighted by molar-refractivity contribution is 6.06. The van der Waals surface area contributed by atoms with Crippen LogP contribution in [-0.4, -0.2) is 48.0 Å². The zero-order chi connectivity index (χ0) is 13.9. The van der Waals surface area contributed by atoms with E-state index in [4.69, 9.17) is 0 Å². The molecule has 4 unspecified atom stereocenters. The van der Waals surface area contributed by atoms with Gasteiger partial charge in [0, 0.05) is 0 Å². The summed E-state index contributed by atoms with van der Waals surface area (Å²) in [5, 5.41) is 0. The average Bonchev–Trinajstić information content (AvgIpc) is 3.09. The van der Waals surface area contributed by atoms with Crippen LogP contribution in [0.4, 0.5) is 0 Å². The van der Waals surface area contributed by atoms with Gasteiger partial charge in [0.05, 0.1) is 32.0 Å². The van der Waals surface area contributed by atoms with Gasteiger partial charge >= 0.3 is 0 Å². The highest BCUT2D eigenvalue weighted by Crippen LogP contribution is 2.52. The number of hydrogen-bond donors (Lipinski definition) is 0. The van der Waals surface area contributed by atoms with Crippen molar-refractivity contribution in [2.75, 3.05) is 26.8 Å². The number of nitrogens with zero attached hydrogens (tertiary/aromatic N) is 2. The summed E-state index contributed by atoms with van der Waals surface area (Å²) in [7, 11) is 2.20. The van der Waals surface area contributed by atoms with Gasteiger partial charge in [0.25, 0.3) is 0 Å². The van der Waals surface area contributed by atoms with Gasteiger partial charge in [0.1, 0.15) is 0 Å². The number of piperidine rings is 1. The summed E-state index contributed by atoms with van der Waals surface area (Å²) in [5.41, 5.74) is 0. The average molecular weight is 402 g/mol. The maximum Gasteiger partial charge on any atom is 0.238 e. The molecule has 0 aromatic carbocycles. The van der Waals surface area contributed by atoms with Crippen molar-refractivity contribution in [3.05, 3.63) is 12.2 Å². The van der Waals surface area contributed by atoms with Crippen LogP contribution in [0.2, 0.25) is 0 Å². The second kappa shape index (κ2) is 5.33. The molecule has 4 rings (SSSR count). The highest BCUT2D eigenvalue weighted by Gasteiger charge is 2.60. The quantitative estimate of drug-likeness (QED) is 0.241. The fourth-order valence-electron chi connectivity index (χ4n) is 4.86. The normalized spacial score (nSPS) is 39.6. The number of halogens is 1. The number of carbonyl (C=O) groups is 2. The maximum atomic E-state index is 12.7. The molecular formula is C16H23IN2O2. The number of fused-ring (bicyclic) bond motifs is 5. The van der Waals surface area contributed by atoms with Crippen LogP contribution in [0.3, 0.4) is 0 Å². The van der Waals surface area contributed by atoms with E-state index in [0.29, 0.717) is 18.5 Å². The zero-order valence-corrected chi connectivity index (χ0v) is 14.7. The minimum atomic E-state index is -0.0334.